The van der Waals surface area contributed by atoms with Crippen molar-refractivity contribution in [2.24, 2.45) is 11.8 Å². The zero-order chi connectivity index (χ0) is 20.0. The molecule has 6 fully saturated rings. The molecule has 2 N–H and O–H groups in total. The van der Waals surface area contributed by atoms with Gasteiger partial charge in [0.2, 0.25) is 0 Å². The summed E-state index contributed by atoms with van der Waals surface area (Å²) >= 11 is 9.53. The fourth-order valence-electron chi connectivity index (χ4n) is 5.38. The standard InChI is InChI=1S/C14H20NO.C7H13NO.CH2Cl2.CH4.BrH/c16-14-11-15(8-6-13(14)7-9-15)10-12-4-2-1-3-5-12;9-7-5-8-3-1-6(7)2-4-8;2-1-3;;/h1-5,13-14,16H,6-11H2;6-7,9H,1-5H2;1H2;1H4;1H/q+1;;;;/t13?,14-,15?;7-;;;/m00.../s1. The van der Waals surface area contributed by atoms with Crippen molar-refractivity contribution in [2.45, 2.75) is 51.9 Å². The molecule has 0 radical (unpaired) electrons. The third kappa shape index (κ3) is 7.61. The Balaban J connectivity index is 0.000000275. The SMILES string of the molecule is Br.C.ClCCl.O[C@H]1CN2CCC1CC2.O[C@H]1C[N+]2(Cc3ccccc3)CCC1CC2. The van der Waals surface area contributed by atoms with Gasteiger partial charge < -0.3 is 19.6 Å². The van der Waals surface area contributed by atoms with Crippen LogP contribution >= 0.6 is 40.2 Å². The van der Waals surface area contributed by atoms with Crippen LogP contribution in [0.4, 0.5) is 0 Å². The van der Waals surface area contributed by atoms with Crippen molar-refractivity contribution in [3.8, 4) is 0 Å². The largest absolute Gasteiger partial charge is 0.392 e. The van der Waals surface area contributed by atoms with Gasteiger partial charge in [0.25, 0.3) is 0 Å². The van der Waals surface area contributed by atoms with E-state index in [-0.39, 0.29) is 42.0 Å². The lowest BCUT2D eigenvalue weighted by Gasteiger charge is -2.51. The maximum atomic E-state index is 10.0. The number of rotatable bonds is 2. The minimum absolute atomic E-state index is 0. The number of nitrogens with zero attached hydrogens (tertiary/aromatic N) is 2. The second kappa shape index (κ2) is 13.6. The number of quaternary nitrogens is 1. The highest BCUT2D eigenvalue weighted by Gasteiger charge is 2.44. The summed E-state index contributed by atoms with van der Waals surface area (Å²) in [6.45, 7) is 7.98. The Morgan fingerprint density at radius 3 is 1.83 bits per heavy atom. The van der Waals surface area contributed by atoms with Gasteiger partial charge in [-0.1, -0.05) is 37.8 Å². The first-order chi connectivity index (χ1) is 13.5. The summed E-state index contributed by atoms with van der Waals surface area (Å²) < 4.78 is 1.11. The molecular formula is C23H40BrCl2N2O2+. The van der Waals surface area contributed by atoms with E-state index >= 15 is 0 Å². The van der Waals surface area contributed by atoms with Crippen LogP contribution < -0.4 is 0 Å². The fraction of sp³-hybridized carbons (Fsp3) is 0.739. The molecule has 2 atom stereocenters. The zero-order valence-corrected chi connectivity index (χ0v) is 20.4. The monoisotopic (exact) mass is 525 g/mol. The molecule has 4 bridgehead atoms. The number of hydrogen-bond acceptors (Lipinski definition) is 3. The molecule has 6 heterocycles. The third-order valence-electron chi connectivity index (χ3n) is 7.05. The van der Waals surface area contributed by atoms with Gasteiger partial charge in [-0.15, -0.1) is 40.2 Å². The number of aliphatic hydroxyl groups is 2. The maximum Gasteiger partial charge on any atom is 0.106 e. The third-order valence-corrected chi connectivity index (χ3v) is 7.05. The highest BCUT2D eigenvalue weighted by atomic mass is 79.9. The number of aliphatic hydroxyl groups excluding tert-OH is 2. The first-order valence-electron chi connectivity index (χ1n) is 10.6. The van der Waals surface area contributed by atoms with Gasteiger partial charge in [0.1, 0.15) is 19.2 Å². The van der Waals surface area contributed by atoms with E-state index in [1.165, 1.54) is 57.4 Å². The van der Waals surface area contributed by atoms with Crippen LogP contribution in [0.25, 0.3) is 0 Å². The number of fused-ring (bicyclic) bond motifs is 6. The van der Waals surface area contributed by atoms with Crippen LogP contribution in [0.2, 0.25) is 0 Å². The number of halogens is 3. The van der Waals surface area contributed by atoms with E-state index in [9.17, 15) is 10.2 Å². The summed E-state index contributed by atoms with van der Waals surface area (Å²) in [5, 5.41) is 19.6. The van der Waals surface area contributed by atoms with Crippen molar-refractivity contribution in [3.05, 3.63) is 35.9 Å². The Kier molecular flexibility index (Phi) is 12.8. The Bertz CT molecular complexity index is 580. The Labute approximate surface area is 203 Å². The van der Waals surface area contributed by atoms with Gasteiger partial charge in [-0.2, -0.15) is 0 Å². The molecule has 0 unspecified atom stereocenters. The summed E-state index contributed by atoms with van der Waals surface area (Å²) in [5.74, 6) is 1.23. The first kappa shape index (κ1) is 28.2. The van der Waals surface area contributed by atoms with Crippen molar-refractivity contribution in [1.82, 2.24) is 4.90 Å². The van der Waals surface area contributed by atoms with Gasteiger partial charge in [0, 0.05) is 30.9 Å². The predicted molar refractivity (Wildman–Crippen MR) is 133 cm³/mol. The average Bonchev–Trinajstić information content (AvgIpc) is 2.71. The van der Waals surface area contributed by atoms with E-state index in [1.807, 2.05) is 0 Å². The molecule has 7 rings (SSSR count). The molecule has 6 saturated heterocycles. The van der Waals surface area contributed by atoms with Crippen LogP contribution in [-0.2, 0) is 6.54 Å². The Morgan fingerprint density at radius 2 is 1.43 bits per heavy atom. The normalized spacial score (nSPS) is 35.5. The number of benzene rings is 1. The van der Waals surface area contributed by atoms with E-state index in [0.717, 1.165) is 24.1 Å². The molecule has 0 aromatic heterocycles. The van der Waals surface area contributed by atoms with Crippen LogP contribution in [0, 0.1) is 11.8 Å². The second-order valence-corrected chi connectivity index (χ2v) is 9.63. The number of piperidine rings is 6. The Morgan fingerprint density at radius 1 is 0.900 bits per heavy atom. The molecule has 6 aliphatic rings. The zero-order valence-electron chi connectivity index (χ0n) is 17.1. The van der Waals surface area contributed by atoms with Crippen molar-refractivity contribution in [3.63, 3.8) is 0 Å². The van der Waals surface area contributed by atoms with E-state index in [4.69, 9.17) is 23.2 Å². The summed E-state index contributed by atoms with van der Waals surface area (Å²) in [6.07, 6.45) is 4.82. The molecule has 0 spiro atoms. The summed E-state index contributed by atoms with van der Waals surface area (Å²) in [6, 6.07) is 10.7. The Hall–Kier alpha value is 0.120. The molecule has 0 amide bonds. The molecule has 30 heavy (non-hydrogen) atoms. The van der Waals surface area contributed by atoms with Crippen molar-refractivity contribution >= 4 is 40.2 Å². The van der Waals surface area contributed by atoms with Gasteiger partial charge in [-0.05, 0) is 31.8 Å². The van der Waals surface area contributed by atoms with Crippen molar-refractivity contribution < 1.29 is 14.7 Å². The van der Waals surface area contributed by atoms with Crippen LogP contribution in [0.5, 0.6) is 0 Å². The topological polar surface area (TPSA) is 43.7 Å². The minimum atomic E-state index is -0.0498. The summed E-state index contributed by atoms with van der Waals surface area (Å²) in [5.41, 5.74) is 1.41. The lowest BCUT2D eigenvalue weighted by atomic mass is 9.83. The molecule has 1 aromatic rings. The van der Waals surface area contributed by atoms with Crippen molar-refractivity contribution in [1.29, 1.82) is 0 Å². The molecule has 174 valence electrons. The average molecular weight is 527 g/mol. The summed E-state index contributed by atoms with van der Waals surface area (Å²) in [4.78, 5) is 2.35. The highest BCUT2D eigenvalue weighted by Crippen LogP contribution is 2.35. The van der Waals surface area contributed by atoms with Gasteiger partial charge in [-0.3, -0.25) is 0 Å². The van der Waals surface area contributed by atoms with Crippen LogP contribution in [0.15, 0.2) is 30.3 Å². The van der Waals surface area contributed by atoms with Crippen LogP contribution in [0.1, 0.15) is 38.7 Å². The predicted octanol–water partition coefficient (Wildman–Crippen LogP) is 4.50. The molecule has 4 nitrogen and oxygen atoms in total. The fourth-order valence-corrected chi connectivity index (χ4v) is 5.38. The van der Waals surface area contributed by atoms with Crippen LogP contribution in [-0.4, -0.2) is 76.4 Å². The molecule has 6 aliphatic heterocycles. The van der Waals surface area contributed by atoms with Gasteiger partial charge in [0.15, 0.2) is 0 Å². The molecule has 0 saturated carbocycles. The summed E-state index contributed by atoms with van der Waals surface area (Å²) in [7, 11) is 0. The van der Waals surface area contributed by atoms with Crippen LogP contribution in [0.3, 0.4) is 0 Å². The smallest absolute Gasteiger partial charge is 0.106 e. The van der Waals surface area contributed by atoms with E-state index in [2.05, 4.69) is 35.2 Å². The minimum Gasteiger partial charge on any atom is -0.392 e. The van der Waals surface area contributed by atoms with E-state index in [0.29, 0.717) is 11.8 Å². The van der Waals surface area contributed by atoms with Gasteiger partial charge in [0.05, 0.1) is 24.5 Å². The maximum absolute atomic E-state index is 10.0. The van der Waals surface area contributed by atoms with Crippen molar-refractivity contribution in [2.75, 3.05) is 44.6 Å². The lowest BCUT2D eigenvalue weighted by molar-refractivity contribution is -0.958. The number of alkyl halides is 2. The first-order valence-corrected chi connectivity index (χ1v) is 11.7. The van der Waals surface area contributed by atoms with E-state index < -0.39 is 0 Å². The lowest BCUT2D eigenvalue weighted by Crippen LogP contribution is -2.62. The van der Waals surface area contributed by atoms with E-state index in [1.54, 1.807) is 0 Å². The highest BCUT2D eigenvalue weighted by molar-refractivity contribution is 8.93. The number of hydrogen-bond donors (Lipinski definition) is 2. The molecule has 0 aliphatic carbocycles. The molecular weight excluding hydrogens is 487 g/mol. The van der Waals surface area contributed by atoms with Gasteiger partial charge in [-0.25, -0.2) is 0 Å². The molecule has 7 heteroatoms. The molecule has 1 aromatic carbocycles. The second-order valence-electron chi connectivity index (χ2n) is 8.83. The van der Waals surface area contributed by atoms with Gasteiger partial charge >= 0.3 is 0 Å². The quantitative estimate of drug-likeness (QED) is 0.440.